The quantitative estimate of drug-likeness (QED) is 0.564. The highest BCUT2D eigenvalue weighted by atomic mass is 35.5. The van der Waals surface area contributed by atoms with Gasteiger partial charge in [0.1, 0.15) is 12.4 Å². The highest BCUT2D eigenvalue weighted by Gasteiger charge is 2.21. The second-order valence-corrected chi connectivity index (χ2v) is 7.16. The number of guanidine groups is 1. The summed E-state index contributed by atoms with van der Waals surface area (Å²) >= 11 is 6.12. The predicted molar refractivity (Wildman–Crippen MR) is 111 cm³/mol. The van der Waals surface area contributed by atoms with Crippen LogP contribution in [0.2, 0.25) is 5.02 Å². The number of methoxy groups -OCH3 is 1. The summed E-state index contributed by atoms with van der Waals surface area (Å²) in [6.07, 6.45) is 1.49. The second kappa shape index (κ2) is 10.5. The van der Waals surface area contributed by atoms with E-state index in [-0.39, 0.29) is 6.10 Å². The number of piperazine rings is 1. The standard InChI is InChI=1S/C20H28ClN5O2/c1-3-22-20(23-14-19(27-2)16-5-4-6-17(21)13-16)26-10-8-25(9-11-26)15-18-7-12-28-24-18/h4-7,12-13,19H,3,8-11,14-15H2,1-2H3,(H,22,23). The van der Waals surface area contributed by atoms with Crippen LogP contribution in [0.25, 0.3) is 0 Å². The van der Waals surface area contributed by atoms with Crippen LogP contribution < -0.4 is 5.32 Å². The van der Waals surface area contributed by atoms with Gasteiger partial charge in [0, 0.05) is 57.5 Å². The third-order valence-corrected chi connectivity index (χ3v) is 5.03. The van der Waals surface area contributed by atoms with E-state index >= 15 is 0 Å². The molecule has 7 nitrogen and oxygen atoms in total. The molecule has 1 unspecified atom stereocenters. The third-order valence-electron chi connectivity index (χ3n) is 4.80. The van der Waals surface area contributed by atoms with Gasteiger partial charge in [0.15, 0.2) is 5.96 Å². The van der Waals surface area contributed by atoms with Crippen molar-refractivity contribution in [3.8, 4) is 0 Å². The Kier molecular flexibility index (Phi) is 7.71. The first-order valence-corrected chi connectivity index (χ1v) is 10.0. The van der Waals surface area contributed by atoms with Crippen molar-refractivity contribution in [3.63, 3.8) is 0 Å². The van der Waals surface area contributed by atoms with E-state index in [2.05, 4.69) is 27.2 Å². The van der Waals surface area contributed by atoms with Crippen LogP contribution in [0.1, 0.15) is 24.3 Å². The van der Waals surface area contributed by atoms with E-state index in [1.807, 2.05) is 30.3 Å². The van der Waals surface area contributed by atoms with Crippen molar-refractivity contribution in [2.24, 2.45) is 4.99 Å². The lowest BCUT2D eigenvalue weighted by Gasteiger charge is -2.36. The molecule has 1 aliphatic rings. The molecule has 1 aliphatic heterocycles. The van der Waals surface area contributed by atoms with Crippen molar-refractivity contribution in [2.75, 3.05) is 46.4 Å². The molecule has 0 aliphatic carbocycles. The van der Waals surface area contributed by atoms with Crippen LogP contribution in [0.5, 0.6) is 0 Å². The Hall–Kier alpha value is -2.09. The highest BCUT2D eigenvalue weighted by Crippen LogP contribution is 2.21. The number of hydrogen-bond acceptors (Lipinski definition) is 5. The van der Waals surface area contributed by atoms with Gasteiger partial charge in [0.05, 0.1) is 12.2 Å². The summed E-state index contributed by atoms with van der Waals surface area (Å²) < 4.78 is 10.6. The van der Waals surface area contributed by atoms with Gasteiger partial charge < -0.3 is 19.5 Å². The summed E-state index contributed by atoms with van der Waals surface area (Å²) in [5, 5.41) is 8.11. The van der Waals surface area contributed by atoms with E-state index < -0.39 is 0 Å². The SMILES string of the molecule is CCNC(=NCC(OC)c1cccc(Cl)c1)N1CCN(Cc2ccon2)CC1. The van der Waals surface area contributed by atoms with Crippen LogP contribution in [-0.2, 0) is 11.3 Å². The van der Waals surface area contributed by atoms with Gasteiger partial charge in [-0.15, -0.1) is 0 Å². The molecule has 0 bridgehead atoms. The zero-order valence-corrected chi connectivity index (χ0v) is 17.2. The van der Waals surface area contributed by atoms with E-state index in [0.29, 0.717) is 11.6 Å². The average Bonchev–Trinajstić information content (AvgIpc) is 3.21. The summed E-state index contributed by atoms with van der Waals surface area (Å²) in [5.41, 5.74) is 2.01. The molecule has 2 heterocycles. The molecule has 1 N–H and O–H groups in total. The Bertz CT molecular complexity index is 745. The first-order chi connectivity index (χ1) is 13.7. The van der Waals surface area contributed by atoms with Crippen molar-refractivity contribution >= 4 is 17.6 Å². The summed E-state index contributed by atoms with van der Waals surface area (Å²) in [4.78, 5) is 9.51. The van der Waals surface area contributed by atoms with Gasteiger partial charge >= 0.3 is 0 Å². The highest BCUT2D eigenvalue weighted by molar-refractivity contribution is 6.30. The molecule has 28 heavy (non-hydrogen) atoms. The smallest absolute Gasteiger partial charge is 0.194 e. The van der Waals surface area contributed by atoms with E-state index in [4.69, 9.17) is 25.9 Å². The fourth-order valence-electron chi connectivity index (χ4n) is 3.28. The average molecular weight is 406 g/mol. The minimum Gasteiger partial charge on any atom is -0.375 e. The molecule has 0 amide bonds. The summed E-state index contributed by atoms with van der Waals surface area (Å²) in [7, 11) is 1.71. The minimum atomic E-state index is -0.124. The molecule has 1 aromatic carbocycles. The van der Waals surface area contributed by atoms with Gasteiger partial charge in [-0.25, -0.2) is 0 Å². The van der Waals surface area contributed by atoms with Crippen LogP contribution in [0, 0.1) is 0 Å². The molecular formula is C20H28ClN5O2. The Labute approximate surface area is 171 Å². The van der Waals surface area contributed by atoms with Gasteiger partial charge in [-0.05, 0) is 24.6 Å². The number of ether oxygens (including phenoxy) is 1. The molecular weight excluding hydrogens is 378 g/mol. The Morgan fingerprint density at radius 2 is 2.14 bits per heavy atom. The lowest BCUT2D eigenvalue weighted by atomic mass is 10.1. The fraction of sp³-hybridized carbons (Fsp3) is 0.500. The number of aliphatic imine (C=N–C) groups is 1. The Balaban J connectivity index is 1.59. The zero-order chi connectivity index (χ0) is 19.8. The predicted octanol–water partition coefficient (Wildman–Crippen LogP) is 2.80. The van der Waals surface area contributed by atoms with Gasteiger partial charge in [0.25, 0.3) is 0 Å². The molecule has 8 heteroatoms. The van der Waals surface area contributed by atoms with Gasteiger partial charge in [-0.1, -0.05) is 28.9 Å². The minimum absolute atomic E-state index is 0.124. The van der Waals surface area contributed by atoms with Gasteiger partial charge in [0.2, 0.25) is 0 Å². The number of aromatic nitrogens is 1. The number of rotatable bonds is 7. The van der Waals surface area contributed by atoms with Crippen molar-refractivity contribution in [1.29, 1.82) is 0 Å². The normalized spacial score (nSPS) is 17.0. The molecule has 1 aromatic heterocycles. The maximum Gasteiger partial charge on any atom is 0.194 e. The third kappa shape index (κ3) is 5.70. The fourth-order valence-corrected chi connectivity index (χ4v) is 3.48. The van der Waals surface area contributed by atoms with Crippen LogP contribution >= 0.6 is 11.6 Å². The molecule has 0 spiro atoms. The summed E-state index contributed by atoms with van der Waals surface area (Å²) in [6, 6.07) is 9.67. The Morgan fingerprint density at radius 1 is 1.32 bits per heavy atom. The largest absolute Gasteiger partial charge is 0.375 e. The number of hydrogen-bond donors (Lipinski definition) is 1. The lowest BCUT2D eigenvalue weighted by molar-refractivity contribution is 0.110. The summed E-state index contributed by atoms with van der Waals surface area (Å²) in [6.45, 7) is 8.01. The van der Waals surface area contributed by atoms with Crippen LogP contribution in [-0.4, -0.2) is 67.3 Å². The number of nitrogens with one attached hydrogen (secondary N) is 1. The topological polar surface area (TPSA) is 66.1 Å². The van der Waals surface area contributed by atoms with E-state index in [1.54, 1.807) is 13.4 Å². The van der Waals surface area contributed by atoms with E-state index in [9.17, 15) is 0 Å². The lowest BCUT2D eigenvalue weighted by Crippen LogP contribution is -2.52. The molecule has 0 radical (unpaired) electrons. The Morgan fingerprint density at radius 3 is 2.79 bits per heavy atom. The molecule has 1 fully saturated rings. The molecule has 0 saturated carbocycles. The van der Waals surface area contributed by atoms with Crippen LogP contribution in [0.3, 0.4) is 0 Å². The molecule has 3 rings (SSSR count). The van der Waals surface area contributed by atoms with Gasteiger partial charge in [-0.3, -0.25) is 9.89 Å². The monoisotopic (exact) mass is 405 g/mol. The zero-order valence-electron chi connectivity index (χ0n) is 16.5. The van der Waals surface area contributed by atoms with E-state index in [1.165, 1.54) is 0 Å². The van der Waals surface area contributed by atoms with Crippen molar-refractivity contribution in [2.45, 2.75) is 19.6 Å². The second-order valence-electron chi connectivity index (χ2n) is 6.73. The first kappa shape index (κ1) is 20.6. The number of halogens is 1. The van der Waals surface area contributed by atoms with Crippen molar-refractivity contribution < 1.29 is 9.26 Å². The van der Waals surface area contributed by atoms with Crippen molar-refractivity contribution in [3.05, 3.63) is 52.9 Å². The molecule has 152 valence electrons. The molecule has 2 aromatic rings. The van der Waals surface area contributed by atoms with Gasteiger partial charge in [-0.2, -0.15) is 0 Å². The van der Waals surface area contributed by atoms with Crippen molar-refractivity contribution in [1.82, 2.24) is 20.3 Å². The molecule has 1 atom stereocenters. The number of benzene rings is 1. The molecule has 1 saturated heterocycles. The summed E-state index contributed by atoms with van der Waals surface area (Å²) in [5.74, 6) is 0.924. The maximum absolute atomic E-state index is 6.12. The van der Waals surface area contributed by atoms with Crippen LogP contribution in [0.4, 0.5) is 0 Å². The number of nitrogens with zero attached hydrogens (tertiary/aromatic N) is 4. The van der Waals surface area contributed by atoms with E-state index in [0.717, 1.165) is 56.5 Å². The van der Waals surface area contributed by atoms with Crippen LogP contribution in [0.15, 0.2) is 46.1 Å². The first-order valence-electron chi connectivity index (χ1n) is 9.62. The maximum atomic E-state index is 6.12.